The first-order valence-electron chi connectivity index (χ1n) is 9.99. The molecule has 33 heavy (non-hydrogen) atoms. The van der Waals surface area contributed by atoms with E-state index in [1.54, 1.807) is 43.8 Å². The summed E-state index contributed by atoms with van der Waals surface area (Å²) >= 11 is 7.05. The van der Waals surface area contributed by atoms with Crippen molar-refractivity contribution in [1.29, 1.82) is 0 Å². The van der Waals surface area contributed by atoms with Crippen molar-refractivity contribution >= 4 is 56.5 Å². The maximum absolute atomic E-state index is 13.8. The molecule has 0 atom stereocenters. The Morgan fingerprint density at radius 3 is 2.67 bits per heavy atom. The molecule has 168 valence electrons. The second kappa shape index (κ2) is 9.51. The Morgan fingerprint density at radius 1 is 1.15 bits per heavy atom. The number of nitrogens with one attached hydrogen (secondary N) is 2. The van der Waals surface area contributed by atoms with E-state index in [1.807, 2.05) is 13.0 Å². The van der Waals surface area contributed by atoms with Crippen LogP contribution < -0.4 is 15.5 Å². The molecule has 3 aromatic heterocycles. The summed E-state index contributed by atoms with van der Waals surface area (Å²) in [6.07, 6.45) is 5.04. The summed E-state index contributed by atoms with van der Waals surface area (Å²) in [4.78, 5) is 35.2. The molecule has 0 saturated heterocycles. The molecule has 0 aliphatic carbocycles. The number of anilines is 2. The summed E-state index contributed by atoms with van der Waals surface area (Å²) in [6, 6.07) is 9.22. The lowest BCUT2D eigenvalue weighted by molar-refractivity contribution is 0.0997. The summed E-state index contributed by atoms with van der Waals surface area (Å²) in [7, 11) is 1.58. The normalized spacial score (nSPS) is 10.8. The molecule has 7 nitrogen and oxygen atoms in total. The van der Waals surface area contributed by atoms with E-state index in [2.05, 4.69) is 20.6 Å². The van der Waals surface area contributed by atoms with Gasteiger partial charge in [-0.25, -0.2) is 14.2 Å². The van der Waals surface area contributed by atoms with E-state index in [1.165, 1.54) is 28.4 Å². The second-order valence-electron chi connectivity index (χ2n) is 7.09. The number of nitrogens with zero attached hydrogens (tertiary/aromatic N) is 3. The third-order valence-electron chi connectivity index (χ3n) is 4.91. The Morgan fingerprint density at radius 2 is 1.97 bits per heavy atom. The highest BCUT2D eigenvalue weighted by molar-refractivity contribution is 7.21. The quantitative estimate of drug-likeness (QED) is 0.388. The Hall–Kier alpha value is -3.56. The minimum Gasteiger partial charge on any atom is -0.338 e. The van der Waals surface area contributed by atoms with E-state index >= 15 is 0 Å². The van der Waals surface area contributed by atoms with Crippen LogP contribution in [0.4, 0.5) is 20.7 Å². The minimum absolute atomic E-state index is 0.00185. The molecule has 4 aromatic rings. The smallest absolute Gasteiger partial charge is 0.320 e. The van der Waals surface area contributed by atoms with Crippen LogP contribution >= 0.6 is 22.9 Å². The van der Waals surface area contributed by atoms with E-state index in [4.69, 9.17) is 11.6 Å². The number of aromatic nitrogens is 2. The van der Waals surface area contributed by atoms with Gasteiger partial charge in [-0.2, -0.15) is 0 Å². The van der Waals surface area contributed by atoms with Crippen LogP contribution in [0.1, 0.15) is 16.6 Å². The van der Waals surface area contributed by atoms with Gasteiger partial charge in [-0.1, -0.05) is 11.6 Å². The first-order chi connectivity index (χ1) is 15.9. The SMILES string of the molecule is CCNC(=O)Nc1ccc(-c2cncc3sc(C(=O)N(C)c4ccc(Cl)c(F)c4)cc23)cn1. The molecule has 3 heterocycles. The van der Waals surface area contributed by atoms with Crippen LogP contribution in [0.25, 0.3) is 21.2 Å². The lowest BCUT2D eigenvalue weighted by Crippen LogP contribution is -2.28. The van der Waals surface area contributed by atoms with Gasteiger partial charge in [0.2, 0.25) is 0 Å². The van der Waals surface area contributed by atoms with Crippen molar-refractivity contribution in [2.75, 3.05) is 23.8 Å². The third kappa shape index (κ3) is 4.79. The predicted molar refractivity (Wildman–Crippen MR) is 130 cm³/mol. The molecule has 3 amide bonds. The molecular weight excluding hydrogens is 465 g/mol. The number of benzene rings is 1. The molecule has 1 aromatic carbocycles. The summed E-state index contributed by atoms with van der Waals surface area (Å²) < 4.78 is 14.7. The van der Waals surface area contributed by atoms with Crippen LogP contribution in [0.3, 0.4) is 0 Å². The fourth-order valence-corrected chi connectivity index (χ4v) is 4.37. The fourth-order valence-electron chi connectivity index (χ4n) is 3.22. The molecule has 0 aliphatic rings. The number of rotatable bonds is 5. The molecule has 2 N–H and O–H groups in total. The van der Waals surface area contributed by atoms with Crippen LogP contribution in [0.5, 0.6) is 0 Å². The third-order valence-corrected chi connectivity index (χ3v) is 6.27. The highest BCUT2D eigenvalue weighted by atomic mass is 35.5. The first-order valence-corrected chi connectivity index (χ1v) is 11.2. The zero-order valence-electron chi connectivity index (χ0n) is 17.7. The molecule has 4 rings (SSSR count). The van der Waals surface area contributed by atoms with E-state index in [-0.39, 0.29) is 17.0 Å². The van der Waals surface area contributed by atoms with Crippen LogP contribution in [-0.2, 0) is 0 Å². The molecule has 0 fully saturated rings. The van der Waals surface area contributed by atoms with E-state index in [0.29, 0.717) is 22.9 Å². The predicted octanol–water partition coefficient (Wildman–Crippen LogP) is 5.57. The molecule has 0 saturated carbocycles. The summed E-state index contributed by atoms with van der Waals surface area (Å²) in [5, 5.41) is 6.14. The van der Waals surface area contributed by atoms with Crippen molar-refractivity contribution in [3.05, 3.63) is 70.7 Å². The lowest BCUT2D eigenvalue weighted by atomic mass is 10.1. The Kier molecular flexibility index (Phi) is 6.52. The fraction of sp³-hybridized carbons (Fsp3) is 0.130. The van der Waals surface area contributed by atoms with Gasteiger partial charge in [0.15, 0.2) is 0 Å². The first kappa shape index (κ1) is 22.6. The van der Waals surface area contributed by atoms with E-state index in [9.17, 15) is 14.0 Å². The van der Waals surface area contributed by atoms with Gasteiger partial charge in [-0.15, -0.1) is 11.3 Å². The zero-order chi connectivity index (χ0) is 23.5. The number of fused-ring (bicyclic) bond motifs is 1. The number of carbonyl (C=O) groups excluding carboxylic acids is 2. The van der Waals surface area contributed by atoms with Gasteiger partial charge in [0.05, 0.1) is 14.6 Å². The Bertz CT molecular complexity index is 1340. The summed E-state index contributed by atoms with van der Waals surface area (Å²) in [6.45, 7) is 2.34. The Balaban J connectivity index is 1.62. The number of amides is 3. The van der Waals surface area contributed by atoms with Gasteiger partial charge >= 0.3 is 6.03 Å². The molecule has 0 radical (unpaired) electrons. The molecule has 0 aliphatic heterocycles. The van der Waals surface area contributed by atoms with E-state index < -0.39 is 5.82 Å². The number of hydrogen-bond acceptors (Lipinski definition) is 5. The van der Waals surface area contributed by atoms with Crippen molar-refractivity contribution in [2.45, 2.75) is 6.92 Å². The molecule has 0 unspecified atom stereocenters. The zero-order valence-corrected chi connectivity index (χ0v) is 19.3. The molecule has 0 bridgehead atoms. The van der Waals surface area contributed by atoms with Crippen LogP contribution in [0, 0.1) is 5.82 Å². The summed E-state index contributed by atoms with van der Waals surface area (Å²) in [5.41, 5.74) is 2.00. The van der Waals surface area contributed by atoms with Crippen LogP contribution in [-0.4, -0.2) is 35.5 Å². The number of pyridine rings is 2. The monoisotopic (exact) mass is 483 g/mol. The van der Waals surface area contributed by atoms with Crippen molar-refractivity contribution in [2.24, 2.45) is 0 Å². The van der Waals surface area contributed by atoms with Gasteiger partial charge in [0.25, 0.3) is 5.91 Å². The average molecular weight is 484 g/mol. The van der Waals surface area contributed by atoms with Crippen molar-refractivity contribution in [1.82, 2.24) is 15.3 Å². The number of hydrogen-bond donors (Lipinski definition) is 2. The maximum Gasteiger partial charge on any atom is 0.320 e. The van der Waals surface area contributed by atoms with Crippen molar-refractivity contribution in [3.63, 3.8) is 0 Å². The highest BCUT2D eigenvalue weighted by Crippen LogP contribution is 2.34. The van der Waals surface area contributed by atoms with Gasteiger partial charge < -0.3 is 10.2 Å². The Labute approximate surface area is 198 Å². The molecule has 0 spiro atoms. The van der Waals surface area contributed by atoms with Gasteiger partial charge in [-0.05, 0) is 43.3 Å². The van der Waals surface area contributed by atoms with Crippen molar-refractivity contribution in [3.8, 4) is 11.1 Å². The summed E-state index contributed by atoms with van der Waals surface area (Å²) in [5.74, 6) is -0.444. The molecular formula is C23H19ClFN5O2S. The maximum atomic E-state index is 13.8. The largest absolute Gasteiger partial charge is 0.338 e. The standard InChI is InChI=1S/C23H19ClFN5O2S/c1-3-27-23(32)29-21-7-4-13(10-28-21)16-11-26-12-20-15(16)9-19(33-20)22(31)30(2)14-5-6-17(24)18(25)8-14/h4-12H,3H2,1-2H3,(H2,27,28,29,32). The average Bonchev–Trinajstić information content (AvgIpc) is 3.25. The number of urea groups is 1. The lowest BCUT2D eigenvalue weighted by Gasteiger charge is -2.16. The number of halogens is 2. The van der Waals surface area contributed by atoms with Gasteiger partial charge in [0, 0.05) is 54.4 Å². The van der Waals surface area contributed by atoms with Gasteiger partial charge in [-0.3, -0.25) is 15.1 Å². The van der Waals surface area contributed by atoms with Crippen LogP contribution in [0.2, 0.25) is 5.02 Å². The van der Waals surface area contributed by atoms with Crippen LogP contribution in [0.15, 0.2) is 55.0 Å². The minimum atomic E-state index is -0.589. The number of carbonyl (C=O) groups is 2. The van der Waals surface area contributed by atoms with E-state index in [0.717, 1.165) is 21.2 Å². The number of thiophene rings is 1. The van der Waals surface area contributed by atoms with Crippen molar-refractivity contribution < 1.29 is 14.0 Å². The highest BCUT2D eigenvalue weighted by Gasteiger charge is 2.19. The topological polar surface area (TPSA) is 87.2 Å². The second-order valence-corrected chi connectivity index (χ2v) is 8.58. The van der Waals surface area contributed by atoms with Gasteiger partial charge in [0.1, 0.15) is 11.6 Å². The molecule has 10 heteroatoms.